The van der Waals surface area contributed by atoms with E-state index in [0.717, 1.165) is 44.2 Å². The van der Waals surface area contributed by atoms with Crippen molar-refractivity contribution in [2.45, 2.75) is 25.9 Å². The molecule has 1 aliphatic rings. The van der Waals surface area contributed by atoms with Gasteiger partial charge in [0.1, 0.15) is 5.75 Å². The summed E-state index contributed by atoms with van der Waals surface area (Å²) < 4.78 is 11.0. The number of halogens is 1. The minimum atomic E-state index is 0.0401. The zero-order chi connectivity index (χ0) is 19.6. The Morgan fingerprint density at radius 1 is 1.11 bits per heavy atom. The van der Waals surface area contributed by atoms with Crippen LogP contribution >= 0.6 is 11.6 Å². The monoisotopic (exact) mass is 402 g/mol. The fourth-order valence-electron chi connectivity index (χ4n) is 3.10. The molecule has 1 saturated heterocycles. The average Bonchev–Trinajstić information content (AvgIpc) is 2.72. The second-order valence-corrected chi connectivity index (χ2v) is 7.33. The summed E-state index contributed by atoms with van der Waals surface area (Å²) in [4.78, 5) is 14.5. The molecule has 0 atom stereocenters. The second-order valence-electron chi connectivity index (χ2n) is 6.89. The third-order valence-electron chi connectivity index (χ3n) is 4.62. The Labute approximate surface area is 171 Å². The van der Waals surface area contributed by atoms with Crippen molar-refractivity contribution in [1.82, 2.24) is 10.2 Å². The quantitative estimate of drug-likeness (QED) is 0.650. The van der Waals surface area contributed by atoms with E-state index in [1.165, 1.54) is 5.56 Å². The number of carbonyl (C=O) groups excluding carboxylic acids is 1. The molecule has 2 aromatic carbocycles. The van der Waals surface area contributed by atoms with E-state index in [1.54, 1.807) is 12.1 Å². The number of carbonyl (C=O) groups is 1. The van der Waals surface area contributed by atoms with Crippen molar-refractivity contribution in [2.24, 2.45) is 0 Å². The van der Waals surface area contributed by atoms with E-state index >= 15 is 0 Å². The van der Waals surface area contributed by atoms with Crippen LogP contribution in [-0.2, 0) is 22.6 Å². The van der Waals surface area contributed by atoms with Gasteiger partial charge in [0.15, 0.2) is 0 Å². The summed E-state index contributed by atoms with van der Waals surface area (Å²) >= 11 is 5.84. The molecule has 150 valence electrons. The maximum absolute atomic E-state index is 12.1. The van der Waals surface area contributed by atoms with Crippen molar-refractivity contribution in [1.29, 1.82) is 0 Å². The summed E-state index contributed by atoms with van der Waals surface area (Å²) in [6.07, 6.45) is 1.12. The molecule has 3 rings (SSSR count). The van der Waals surface area contributed by atoms with Crippen molar-refractivity contribution in [3.8, 4) is 5.75 Å². The highest BCUT2D eigenvalue weighted by molar-refractivity contribution is 6.30. The highest BCUT2D eigenvalue weighted by atomic mass is 35.5. The van der Waals surface area contributed by atoms with Crippen LogP contribution in [0.1, 0.15) is 24.0 Å². The third kappa shape index (κ3) is 7.15. The van der Waals surface area contributed by atoms with Crippen molar-refractivity contribution in [3.05, 3.63) is 64.7 Å². The van der Waals surface area contributed by atoms with E-state index < -0.39 is 0 Å². The molecule has 0 aromatic heterocycles. The Hall–Kier alpha value is -2.08. The van der Waals surface area contributed by atoms with Gasteiger partial charge in [-0.1, -0.05) is 35.9 Å². The fraction of sp³-hybridized carbons (Fsp3) is 0.409. The molecule has 0 radical (unpaired) electrons. The van der Waals surface area contributed by atoms with E-state index in [0.29, 0.717) is 31.0 Å². The molecule has 2 aromatic rings. The Morgan fingerprint density at radius 3 is 2.64 bits per heavy atom. The summed E-state index contributed by atoms with van der Waals surface area (Å²) in [5.74, 6) is 0.806. The van der Waals surface area contributed by atoms with Gasteiger partial charge in [-0.25, -0.2) is 0 Å². The summed E-state index contributed by atoms with van der Waals surface area (Å²) in [6, 6.07) is 15.6. The first kappa shape index (κ1) is 20.6. The maximum atomic E-state index is 12.1. The fourth-order valence-corrected chi connectivity index (χ4v) is 3.22. The topological polar surface area (TPSA) is 50.8 Å². The van der Waals surface area contributed by atoms with Gasteiger partial charge in [0.25, 0.3) is 0 Å². The minimum Gasteiger partial charge on any atom is -0.494 e. The number of hydrogen-bond donors (Lipinski definition) is 1. The number of morpholine rings is 1. The Balaban J connectivity index is 1.34. The average molecular weight is 403 g/mol. The number of amides is 1. The number of nitrogens with zero attached hydrogens (tertiary/aromatic N) is 1. The molecule has 0 unspecified atom stereocenters. The summed E-state index contributed by atoms with van der Waals surface area (Å²) in [5, 5.41) is 3.67. The molecule has 28 heavy (non-hydrogen) atoms. The summed E-state index contributed by atoms with van der Waals surface area (Å²) in [7, 11) is 0. The highest BCUT2D eigenvalue weighted by Gasteiger charge is 2.11. The van der Waals surface area contributed by atoms with Gasteiger partial charge in [0.05, 0.1) is 19.8 Å². The third-order valence-corrected chi connectivity index (χ3v) is 4.87. The standard InChI is InChI=1S/C22H27ClN2O3/c23-20-6-8-21(9-7-20)28-12-2-5-22(26)24-16-18-3-1-4-19(15-18)17-25-10-13-27-14-11-25/h1,3-4,6-9,15H,2,5,10-14,16-17H2,(H,24,26). The zero-order valence-electron chi connectivity index (χ0n) is 16.0. The molecule has 1 N–H and O–H groups in total. The van der Waals surface area contributed by atoms with Crippen LogP contribution in [-0.4, -0.2) is 43.7 Å². The molecular weight excluding hydrogens is 376 g/mol. The number of rotatable bonds is 9. The van der Waals surface area contributed by atoms with Crippen LogP contribution in [0.5, 0.6) is 5.75 Å². The van der Waals surface area contributed by atoms with Crippen molar-refractivity contribution in [2.75, 3.05) is 32.9 Å². The van der Waals surface area contributed by atoms with Crippen molar-refractivity contribution < 1.29 is 14.3 Å². The Kier molecular flexibility index (Phi) is 8.15. The lowest BCUT2D eigenvalue weighted by atomic mass is 10.1. The zero-order valence-corrected chi connectivity index (χ0v) is 16.8. The van der Waals surface area contributed by atoms with Gasteiger partial charge in [-0.2, -0.15) is 0 Å². The predicted molar refractivity (Wildman–Crippen MR) is 111 cm³/mol. The van der Waals surface area contributed by atoms with Crippen LogP contribution in [0.4, 0.5) is 0 Å². The number of benzene rings is 2. The van der Waals surface area contributed by atoms with Crippen molar-refractivity contribution in [3.63, 3.8) is 0 Å². The molecule has 1 amide bonds. The molecule has 0 saturated carbocycles. The van der Waals surface area contributed by atoms with Gasteiger partial charge in [0.2, 0.25) is 5.91 Å². The first-order chi connectivity index (χ1) is 13.7. The normalized spacial score (nSPS) is 14.6. The Bertz CT molecular complexity index is 746. The van der Waals surface area contributed by atoms with E-state index in [9.17, 15) is 4.79 Å². The van der Waals surface area contributed by atoms with Gasteiger partial charge >= 0.3 is 0 Å². The van der Waals surface area contributed by atoms with E-state index in [4.69, 9.17) is 21.1 Å². The van der Waals surface area contributed by atoms with Gasteiger partial charge in [-0.15, -0.1) is 0 Å². The highest BCUT2D eigenvalue weighted by Crippen LogP contribution is 2.15. The predicted octanol–water partition coefficient (Wildman–Crippen LogP) is 3.65. The molecule has 5 nitrogen and oxygen atoms in total. The minimum absolute atomic E-state index is 0.0401. The molecule has 0 spiro atoms. The van der Waals surface area contributed by atoms with Gasteiger partial charge in [-0.3, -0.25) is 9.69 Å². The second kappa shape index (κ2) is 11.1. The lowest BCUT2D eigenvalue weighted by Gasteiger charge is -2.26. The summed E-state index contributed by atoms with van der Waals surface area (Å²) in [5.41, 5.74) is 2.39. The van der Waals surface area contributed by atoms with Crippen LogP contribution in [0.3, 0.4) is 0 Å². The van der Waals surface area contributed by atoms with Crippen LogP contribution in [0, 0.1) is 0 Å². The lowest BCUT2D eigenvalue weighted by Crippen LogP contribution is -2.35. The lowest BCUT2D eigenvalue weighted by molar-refractivity contribution is -0.121. The first-order valence-corrected chi connectivity index (χ1v) is 10.1. The number of nitrogens with one attached hydrogen (secondary N) is 1. The molecule has 1 heterocycles. The molecule has 0 bridgehead atoms. The molecule has 1 aliphatic heterocycles. The van der Waals surface area contributed by atoms with Crippen LogP contribution in [0.15, 0.2) is 48.5 Å². The SMILES string of the molecule is O=C(CCCOc1ccc(Cl)cc1)NCc1cccc(CN2CCOCC2)c1. The van der Waals surface area contributed by atoms with Crippen LogP contribution in [0.2, 0.25) is 5.02 Å². The molecule has 1 fully saturated rings. The Morgan fingerprint density at radius 2 is 1.86 bits per heavy atom. The van der Waals surface area contributed by atoms with Gasteiger partial charge in [0, 0.05) is 37.6 Å². The van der Waals surface area contributed by atoms with Gasteiger partial charge in [-0.05, 0) is 41.8 Å². The van der Waals surface area contributed by atoms with Crippen LogP contribution < -0.4 is 10.1 Å². The van der Waals surface area contributed by atoms with E-state index in [2.05, 4.69) is 28.4 Å². The molecular formula is C22H27ClN2O3. The number of ether oxygens (including phenoxy) is 2. The van der Waals surface area contributed by atoms with Crippen LogP contribution in [0.25, 0.3) is 0 Å². The number of hydrogen-bond acceptors (Lipinski definition) is 4. The van der Waals surface area contributed by atoms with Gasteiger partial charge < -0.3 is 14.8 Å². The largest absolute Gasteiger partial charge is 0.494 e. The maximum Gasteiger partial charge on any atom is 0.220 e. The smallest absolute Gasteiger partial charge is 0.220 e. The summed E-state index contributed by atoms with van der Waals surface area (Å²) in [6.45, 7) is 5.53. The molecule has 0 aliphatic carbocycles. The van der Waals surface area contributed by atoms with Crippen molar-refractivity contribution >= 4 is 17.5 Å². The van der Waals surface area contributed by atoms with E-state index in [-0.39, 0.29) is 5.91 Å². The van der Waals surface area contributed by atoms with E-state index in [1.807, 2.05) is 18.2 Å². The first-order valence-electron chi connectivity index (χ1n) is 9.72. The molecule has 6 heteroatoms.